The van der Waals surface area contributed by atoms with Crippen molar-refractivity contribution in [3.8, 4) is 5.75 Å². The van der Waals surface area contributed by atoms with Gasteiger partial charge in [-0.05, 0) is 12.1 Å². The Bertz CT molecular complexity index is 431. The number of benzene rings is 1. The van der Waals surface area contributed by atoms with Crippen LogP contribution in [0.2, 0.25) is 0 Å². The summed E-state index contributed by atoms with van der Waals surface area (Å²) in [6.45, 7) is 0. The lowest BCUT2D eigenvalue weighted by molar-refractivity contribution is -0.130. The van der Waals surface area contributed by atoms with Crippen LogP contribution in [0.4, 0.5) is 13.2 Å². The SMILES string of the molecule is Cl.O=S(=O)(CCC(F)(F)F)Oc1ccccc1. The number of halogens is 4. The van der Waals surface area contributed by atoms with Gasteiger partial charge in [0, 0.05) is 0 Å². The first-order chi connectivity index (χ1) is 7.29. The predicted octanol–water partition coefficient (Wildman–Crippen LogP) is 2.77. The summed E-state index contributed by atoms with van der Waals surface area (Å²) < 4.78 is 62.1. The van der Waals surface area contributed by atoms with Crippen molar-refractivity contribution in [2.45, 2.75) is 12.6 Å². The minimum absolute atomic E-state index is 0. The summed E-state index contributed by atoms with van der Waals surface area (Å²) in [5, 5.41) is 0. The molecule has 0 aliphatic carbocycles. The molecule has 0 bridgehead atoms. The molecule has 0 aliphatic rings. The fourth-order valence-electron chi connectivity index (χ4n) is 0.905. The zero-order valence-electron chi connectivity index (χ0n) is 8.48. The molecule has 0 aliphatic heterocycles. The highest BCUT2D eigenvalue weighted by Gasteiger charge is 2.30. The van der Waals surface area contributed by atoms with Crippen molar-refractivity contribution in [3.05, 3.63) is 30.3 Å². The summed E-state index contributed by atoms with van der Waals surface area (Å²) in [7, 11) is -4.19. The Morgan fingerprint density at radius 2 is 1.65 bits per heavy atom. The van der Waals surface area contributed by atoms with Crippen molar-refractivity contribution in [2.24, 2.45) is 0 Å². The highest BCUT2D eigenvalue weighted by molar-refractivity contribution is 7.87. The van der Waals surface area contributed by atoms with Crippen molar-refractivity contribution in [3.63, 3.8) is 0 Å². The molecular formula is C9H10ClF3O3S. The minimum Gasteiger partial charge on any atom is -0.382 e. The zero-order chi connectivity index (χ0) is 12.2. The molecule has 0 spiro atoms. The molecule has 0 saturated carbocycles. The molecule has 0 fully saturated rings. The van der Waals surface area contributed by atoms with Gasteiger partial charge in [0.1, 0.15) is 5.75 Å². The number of hydrogen-bond acceptors (Lipinski definition) is 3. The third kappa shape index (κ3) is 7.06. The maximum absolute atomic E-state index is 11.8. The van der Waals surface area contributed by atoms with Gasteiger partial charge in [-0.2, -0.15) is 21.6 Å². The van der Waals surface area contributed by atoms with Gasteiger partial charge in [0.05, 0.1) is 12.2 Å². The molecule has 0 N–H and O–H groups in total. The Hall–Kier alpha value is -0.950. The number of hydrogen-bond donors (Lipinski definition) is 0. The first-order valence-corrected chi connectivity index (χ1v) is 5.90. The second-order valence-corrected chi connectivity index (χ2v) is 4.71. The third-order valence-electron chi connectivity index (χ3n) is 1.60. The Labute approximate surface area is 103 Å². The van der Waals surface area contributed by atoms with E-state index in [1.807, 2.05) is 0 Å². The summed E-state index contributed by atoms with van der Waals surface area (Å²) >= 11 is 0. The van der Waals surface area contributed by atoms with Gasteiger partial charge in [0.25, 0.3) is 0 Å². The van der Waals surface area contributed by atoms with Gasteiger partial charge >= 0.3 is 16.3 Å². The van der Waals surface area contributed by atoms with Crippen LogP contribution in [0.5, 0.6) is 5.75 Å². The van der Waals surface area contributed by atoms with Crippen LogP contribution in [0.25, 0.3) is 0 Å². The highest BCUT2D eigenvalue weighted by atomic mass is 35.5. The molecule has 1 aromatic carbocycles. The molecule has 0 atom stereocenters. The Morgan fingerprint density at radius 3 is 2.12 bits per heavy atom. The third-order valence-corrected chi connectivity index (χ3v) is 2.75. The lowest BCUT2D eigenvalue weighted by atomic mass is 10.3. The lowest BCUT2D eigenvalue weighted by Gasteiger charge is -2.08. The second kappa shape index (κ2) is 6.11. The Morgan fingerprint density at radius 1 is 1.12 bits per heavy atom. The molecule has 17 heavy (non-hydrogen) atoms. The molecule has 8 heteroatoms. The van der Waals surface area contributed by atoms with Gasteiger partial charge in [-0.1, -0.05) is 18.2 Å². The van der Waals surface area contributed by atoms with Gasteiger partial charge in [0.15, 0.2) is 0 Å². The normalized spacial score (nSPS) is 11.7. The molecule has 0 aromatic heterocycles. The molecular weight excluding hydrogens is 281 g/mol. The van der Waals surface area contributed by atoms with Crippen LogP contribution in [-0.2, 0) is 10.1 Å². The molecule has 98 valence electrons. The molecule has 1 aromatic rings. The maximum Gasteiger partial charge on any atom is 0.390 e. The van der Waals surface area contributed by atoms with Crippen LogP contribution in [0.15, 0.2) is 30.3 Å². The largest absolute Gasteiger partial charge is 0.390 e. The fraction of sp³-hybridized carbons (Fsp3) is 0.333. The van der Waals surface area contributed by atoms with E-state index in [4.69, 9.17) is 0 Å². The Kier molecular flexibility index (Phi) is 5.77. The molecule has 0 saturated heterocycles. The number of para-hydroxylation sites is 1. The van der Waals surface area contributed by atoms with Gasteiger partial charge in [-0.15, -0.1) is 12.4 Å². The van der Waals surface area contributed by atoms with Crippen molar-refractivity contribution < 1.29 is 25.8 Å². The monoisotopic (exact) mass is 290 g/mol. The highest BCUT2D eigenvalue weighted by Crippen LogP contribution is 2.21. The van der Waals surface area contributed by atoms with Crippen LogP contribution in [0, 0.1) is 0 Å². The number of rotatable bonds is 4. The quantitative estimate of drug-likeness (QED) is 0.801. The van der Waals surface area contributed by atoms with Crippen LogP contribution in [-0.4, -0.2) is 20.3 Å². The molecule has 3 nitrogen and oxygen atoms in total. The van der Waals surface area contributed by atoms with Crippen molar-refractivity contribution in [2.75, 3.05) is 5.75 Å². The van der Waals surface area contributed by atoms with Gasteiger partial charge < -0.3 is 4.18 Å². The van der Waals surface area contributed by atoms with E-state index < -0.39 is 28.5 Å². The zero-order valence-corrected chi connectivity index (χ0v) is 10.1. The topological polar surface area (TPSA) is 43.4 Å². The van der Waals surface area contributed by atoms with Gasteiger partial charge in [0.2, 0.25) is 0 Å². The molecule has 0 unspecified atom stereocenters. The van der Waals surface area contributed by atoms with Crippen LogP contribution >= 0.6 is 12.4 Å². The standard InChI is InChI=1S/C9H9F3O3S.ClH/c10-9(11,12)6-7-16(13,14)15-8-4-2-1-3-5-8;/h1-5H,6-7H2;1H. The van der Waals surface area contributed by atoms with Crippen LogP contribution in [0.1, 0.15) is 6.42 Å². The van der Waals surface area contributed by atoms with E-state index in [0.29, 0.717) is 0 Å². The van der Waals surface area contributed by atoms with E-state index in [0.717, 1.165) is 0 Å². The summed E-state index contributed by atoms with van der Waals surface area (Å²) in [5.74, 6) is -1.07. The van der Waals surface area contributed by atoms with Crippen LogP contribution in [0.3, 0.4) is 0 Å². The van der Waals surface area contributed by atoms with Gasteiger partial charge in [-0.25, -0.2) is 0 Å². The van der Waals surface area contributed by atoms with Gasteiger partial charge in [-0.3, -0.25) is 0 Å². The second-order valence-electron chi connectivity index (χ2n) is 3.02. The first kappa shape index (κ1) is 16.1. The summed E-state index contributed by atoms with van der Waals surface area (Å²) in [4.78, 5) is 0. The summed E-state index contributed by atoms with van der Waals surface area (Å²) in [6, 6.07) is 7.38. The predicted molar refractivity (Wildman–Crippen MR) is 58.8 cm³/mol. The minimum atomic E-state index is -4.51. The van der Waals surface area contributed by atoms with Crippen LogP contribution < -0.4 is 4.18 Å². The van der Waals surface area contributed by atoms with Crippen molar-refractivity contribution in [1.82, 2.24) is 0 Å². The van der Waals surface area contributed by atoms with E-state index in [1.54, 1.807) is 6.07 Å². The average Bonchev–Trinajstić information content (AvgIpc) is 2.15. The number of alkyl halides is 3. The Balaban J connectivity index is 0.00000256. The average molecular weight is 291 g/mol. The lowest BCUT2D eigenvalue weighted by Crippen LogP contribution is -2.20. The molecule has 0 amide bonds. The molecule has 0 heterocycles. The molecule has 0 radical (unpaired) electrons. The van der Waals surface area contributed by atoms with E-state index in [2.05, 4.69) is 4.18 Å². The molecule has 1 rings (SSSR count). The summed E-state index contributed by atoms with van der Waals surface area (Å²) in [5.41, 5.74) is 0. The van der Waals surface area contributed by atoms with E-state index in [1.165, 1.54) is 24.3 Å². The van der Waals surface area contributed by atoms with E-state index in [-0.39, 0.29) is 18.2 Å². The first-order valence-electron chi connectivity index (χ1n) is 4.32. The van der Waals surface area contributed by atoms with Crippen molar-refractivity contribution in [1.29, 1.82) is 0 Å². The van der Waals surface area contributed by atoms with E-state index >= 15 is 0 Å². The summed E-state index contributed by atoms with van der Waals surface area (Å²) in [6.07, 6.45) is -5.92. The smallest absolute Gasteiger partial charge is 0.382 e. The fourth-order valence-corrected chi connectivity index (χ4v) is 1.87. The van der Waals surface area contributed by atoms with Crippen molar-refractivity contribution >= 4 is 22.5 Å². The maximum atomic E-state index is 11.8. The van der Waals surface area contributed by atoms with E-state index in [9.17, 15) is 21.6 Å².